The molecule has 0 fully saturated rings. The van der Waals surface area contributed by atoms with Crippen molar-refractivity contribution in [3.05, 3.63) is 101 Å². The number of aromatic nitrogens is 2. The number of benzene rings is 3. The summed E-state index contributed by atoms with van der Waals surface area (Å²) in [7, 11) is 0. The van der Waals surface area contributed by atoms with E-state index in [0.29, 0.717) is 32.8 Å². The van der Waals surface area contributed by atoms with Gasteiger partial charge in [-0.1, -0.05) is 65.7 Å². The molecule has 0 aliphatic rings. The summed E-state index contributed by atoms with van der Waals surface area (Å²) >= 11 is 12.4. The van der Waals surface area contributed by atoms with Gasteiger partial charge in [-0.05, 0) is 50.2 Å². The van der Waals surface area contributed by atoms with Crippen molar-refractivity contribution >= 4 is 40.8 Å². The van der Waals surface area contributed by atoms with Gasteiger partial charge in [0.25, 0.3) is 5.91 Å². The van der Waals surface area contributed by atoms with Crippen molar-refractivity contribution < 1.29 is 9.59 Å². The molecule has 178 valence electrons. The quantitative estimate of drug-likeness (QED) is 0.318. The number of anilines is 1. The Kier molecular flexibility index (Phi) is 7.54. The molecule has 0 bridgehead atoms. The average molecular weight is 507 g/mol. The average Bonchev–Trinajstić information content (AvgIpc) is 3.26. The highest BCUT2D eigenvalue weighted by Crippen LogP contribution is 2.28. The van der Waals surface area contributed by atoms with Crippen LogP contribution in [-0.4, -0.2) is 39.1 Å². The summed E-state index contributed by atoms with van der Waals surface area (Å²) in [5, 5.41) is 8.64. The highest BCUT2D eigenvalue weighted by molar-refractivity contribution is 6.32. The zero-order chi connectivity index (χ0) is 24.9. The molecular weight excluding hydrogens is 483 g/mol. The number of hydrogen-bond acceptors (Lipinski definition) is 3. The van der Waals surface area contributed by atoms with E-state index in [0.717, 1.165) is 5.56 Å². The molecule has 2 amide bonds. The molecule has 6 nitrogen and oxygen atoms in total. The molecule has 35 heavy (non-hydrogen) atoms. The molecule has 0 saturated carbocycles. The lowest BCUT2D eigenvalue weighted by Gasteiger charge is -2.26. The van der Waals surface area contributed by atoms with Crippen molar-refractivity contribution in [3.63, 3.8) is 0 Å². The minimum Gasteiger partial charge on any atom is -0.327 e. The topological polar surface area (TPSA) is 67.2 Å². The third kappa shape index (κ3) is 5.73. The Hall–Kier alpha value is -3.61. The summed E-state index contributed by atoms with van der Waals surface area (Å²) in [5.74, 6) is -0.158. The van der Waals surface area contributed by atoms with Crippen molar-refractivity contribution in [1.29, 1.82) is 0 Å². The zero-order valence-corrected chi connectivity index (χ0v) is 20.8. The second-order valence-corrected chi connectivity index (χ2v) is 9.07. The van der Waals surface area contributed by atoms with Crippen LogP contribution in [0.3, 0.4) is 0 Å². The first-order valence-corrected chi connectivity index (χ1v) is 11.9. The molecule has 4 aromatic rings. The standard InChI is InChI=1S/C27H24Cl2N4O2/c1-18(2)32(27(35)20-12-14-21(28)15-13-20)17-26(34)30-25-16-23(19-8-4-3-5-9-19)31-33(25)24-11-7-6-10-22(24)29/h3-16,18H,17H2,1-2H3,(H,30,34). The number of carbonyl (C=O) groups is 2. The molecule has 0 radical (unpaired) electrons. The molecule has 0 unspecified atom stereocenters. The predicted molar refractivity (Wildman–Crippen MR) is 140 cm³/mol. The monoisotopic (exact) mass is 506 g/mol. The summed E-state index contributed by atoms with van der Waals surface area (Å²) < 4.78 is 1.60. The Morgan fingerprint density at radius 1 is 0.943 bits per heavy atom. The van der Waals surface area contributed by atoms with Gasteiger partial charge in [0.1, 0.15) is 12.4 Å². The number of hydrogen-bond donors (Lipinski definition) is 1. The fourth-order valence-corrected chi connectivity index (χ4v) is 3.95. The second-order valence-electron chi connectivity index (χ2n) is 8.23. The predicted octanol–water partition coefficient (Wildman–Crippen LogP) is 6.34. The molecule has 0 saturated heterocycles. The van der Waals surface area contributed by atoms with Crippen molar-refractivity contribution in [2.75, 3.05) is 11.9 Å². The van der Waals surface area contributed by atoms with Gasteiger partial charge in [-0.15, -0.1) is 0 Å². The van der Waals surface area contributed by atoms with Gasteiger partial charge in [-0.3, -0.25) is 9.59 Å². The van der Waals surface area contributed by atoms with E-state index in [2.05, 4.69) is 5.32 Å². The van der Waals surface area contributed by atoms with E-state index in [9.17, 15) is 9.59 Å². The number of nitrogens with zero attached hydrogens (tertiary/aromatic N) is 3. The van der Waals surface area contributed by atoms with Crippen LogP contribution in [-0.2, 0) is 4.79 Å². The van der Waals surface area contributed by atoms with E-state index in [-0.39, 0.29) is 24.4 Å². The largest absolute Gasteiger partial charge is 0.327 e. The van der Waals surface area contributed by atoms with Crippen molar-refractivity contribution in [2.24, 2.45) is 0 Å². The molecule has 8 heteroatoms. The SMILES string of the molecule is CC(C)N(CC(=O)Nc1cc(-c2ccccc2)nn1-c1ccccc1Cl)C(=O)c1ccc(Cl)cc1. The Labute approximate surface area is 214 Å². The molecule has 0 aliphatic heterocycles. The van der Waals surface area contributed by atoms with Crippen LogP contribution in [0.15, 0.2) is 84.9 Å². The Morgan fingerprint density at radius 2 is 1.60 bits per heavy atom. The van der Waals surface area contributed by atoms with Crippen molar-refractivity contribution in [2.45, 2.75) is 19.9 Å². The van der Waals surface area contributed by atoms with E-state index >= 15 is 0 Å². The fraction of sp³-hybridized carbons (Fsp3) is 0.148. The van der Waals surface area contributed by atoms with Crippen LogP contribution in [0.5, 0.6) is 0 Å². The van der Waals surface area contributed by atoms with Crippen LogP contribution in [0.25, 0.3) is 16.9 Å². The Balaban J connectivity index is 1.62. The minimum absolute atomic E-state index is 0.131. The number of para-hydroxylation sites is 1. The molecule has 1 aromatic heterocycles. The smallest absolute Gasteiger partial charge is 0.254 e. The number of halogens is 2. The molecule has 0 spiro atoms. The molecule has 0 aliphatic carbocycles. The van der Waals surface area contributed by atoms with Gasteiger partial charge in [0.15, 0.2) is 0 Å². The lowest BCUT2D eigenvalue weighted by molar-refractivity contribution is -0.117. The molecule has 3 aromatic carbocycles. The maximum Gasteiger partial charge on any atom is 0.254 e. The fourth-order valence-electron chi connectivity index (χ4n) is 3.61. The van der Waals surface area contributed by atoms with Gasteiger partial charge in [0.05, 0.1) is 16.4 Å². The number of nitrogens with one attached hydrogen (secondary N) is 1. The Morgan fingerprint density at radius 3 is 2.26 bits per heavy atom. The number of carbonyl (C=O) groups excluding carboxylic acids is 2. The maximum absolute atomic E-state index is 13.1. The lowest BCUT2D eigenvalue weighted by atomic mass is 10.1. The summed E-state index contributed by atoms with van der Waals surface area (Å²) in [4.78, 5) is 27.7. The lowest BCUT2D eigenvalue weighted by Crippen LogP contribution is -2.42. The minimum atomic E-state index is -0.353. The summed E-state index contributed by atoms with van der Waals surface area (Å²) in [5.41, 5.74) is 2.67. The van der Waals surface area contributed by atoms with Crippen LogP contribution < -0.4 is 5.32 Å². The summed E-state index contributed by atoms with van der Waals surface area (Å²) in [6.07, 6.45) is 0. The first-order valence-electron chi connectivity index (χ1n) is 11.1. The number of amides is 2. The molecule has 4 rings (SSSR count). The molecule has 1 heterocycles. The number of rotatable bonds is 7. The van der Waals surface area contributed by atoms with Crippen LogP contribution in [0.2, 0.25) is 10.0 Å². The third-order valence-electron chi connectivity index (χ3n) is 5.42. The normalized spacial score (nSPS) is 10.9. The highest BCUT2D eigenvalue weighted by Gasteiger charge is 2.23. The van der Waals surface area contributed by atoms with Crippen LogP contribution >= 0.6 is 23.2 Å². The maximum atomic E-state index is 13.1. The van der Waals surface area contributed by atoms with Gasteiger partial charge in [0.2, 0.25) is 5.91 Å². The van der Waals surface area contributed by atoms with E-state index in [1.54, 1.807) is 41.1 Å². The summed E-state index contributed by atoms with van der Waals surface area (Å²) in [6.45, 7) is 3.60. The molecular formula is C27H24Cl2N4O2. The first-order chi connectivity index (χ1) is 16.8. The van der Waals surface area contributed by atoms with Gasteiger partial charge < -0.3 is 10.2 Å². The van der Waals surface area contributed by atoms with E-state index in [1.165, 1.54) is 4.90 Å². The van der Waals surface area contributed by atoms with Crippen molar-refractivity contribution in [1.82, 2.24) is 14.7 Å². The van der Waals surface area contributed by atoms with E-state index in [1.807, 2.05) is 62.4 Å². The van der Waals surface area contributed by atoms with Crippen molar-refractivity contribution in [3.8, 4) is 16.9 Å². The molecule has 1 N–H and O–H groups in total. The van der Waals surface area contributed by atoms with Crippen LogP contribution in [0.1, 0.15) is 24.2 Å². The third-order valence-corrected chi connectivity index (χ3v) is 5.99. The van der Waals surface area contributed by atoms with Gasteiger partial charge in [0, 0.05) is 28.3 Å². The van der Waals surface area contributed by atoms with Gasteiger partial charge in [-0.25, -0.2) is 4.68 Å². The second kappa shape index (κ2) is 10.8. The van der Waals surface area contributed by atoms with E-state index in [4.69, 9.17) is 28.3 Å². The van der Waals surface area contributed by atoms with Gasteiger partial charge >= 0.3 is 0 Å². The zero-order valence-electron chi connectivity index (χ0n) is 19.3. The Bertz CT molecular complexity index is 1340. The summed E-state index contributed by atoms with van der Waals surface area (Å²) in [6, 6.07) is 25.1. The highest BCUT2D eigenvalue weighted by atomic mass is 35.5. The van der Waals surface area contributed by atoms with Crippen LogP contribution in [0, 0.1) is 0 Å². The molecule has 0 atom stereocenters. The van der Waals surface area contributed by atoms with Crippen LogP contribution in [0.4, 0.5) is 5.82 Å². The first kappa shape index (κ1) is 24.5. The van der Waals surface area contributed by atoms with Gasteiger partial charge in [-0.2, -0.15) is 5.10 Å². The van der Waals surface area contributed by atoms with E-state index < -0.39 is 0 Å².